The normalized spacial score (nSPS) is 10.7. The zero-order chi connectivity index (χ0) is 20.4. The van der Waals surface area contributed by atoms with Crippen LogP contribution in [-0.4, -0.2) is 10.9 Å². The van der Waals surface area contributed by atoms with E-state index in [4.69, 9.17) is 0 Å². The average Bonchev–Trinajstić information content (AvgIpc) is 3.20. The van der Waals surface area contributed by atoms with E-state index >= 15 is 0 Å². The number of halogens is 3. The van der Waals surface area contributed by atoms with Gasteiger partial charge in [-0.2, -0.15) is 0 Å². The number of carbonyl (C=O) groups excluding carboxylic acids is 1. The van der Waals surface area contributed by atoms with Crippen molar-refractivity contribution in [2.75, 3.05) is 5.32 Å². The molecule has 29 heavy (non-hydrogen) atoms. The summed E-state index contributed by atoms with van der Waals surface area (Å²) in [4.78, 5) is 17.0. The highest BCUT2D eigenvalue weighted by Gasteiger charge is 2.15. The maximum Gasteiger partial charge on any atom is 0.255 e. The number of aromatic nitrogens is 1. The topological polar surface area (TPSA) is 42.0 Å². The number of nitrogens with one attached hydrogen (secondary N) is 1. The molecule has 0 saturated carbocycles. The molecule has 4 aromatic rings. The van der Waals surface area contributed by atoms with Crippen LogP contribution in [0.15, 0.2) is 72.1 Å². The van der Waals surface area contributed by atoms with Crippen LogP contribution in [0.25, 0.3) is 21.8 Å². The Kier molecular flexibility index (Phi) is 5.14. The summed E-state index contributed by atoms with van der Waals surface area (Å²) in [5.74, 6) is -3.07. The molecule has 7 heteroatoms. The van der Waals surface area contributed by atoms with Crippen molar-refractivity contribution in [3.63, 3.8) is 0 Å². The molecule has 144 valence electrons. The molecule has 0 atom stereocenters. The number of nitrogens with zero attached hydrogens (tertiary/aromatic N) is 1. The van der Waals surface area contributed by atoms with Crippen molar-refractivity contribution in [3.8, 4) is 21.8 Å². The van der Waals surface area contributed by atoms with Gasteiger partial charge in [-0.25, -0.2) is 18.2 Å². The lowest BCUT2D eigenvalue weighted by atomic mass is 10.1. The van der Waals surface area contributed by atoms with Crippen molar-refractivity contribution in [1.82, 2.24) is 4.98 Å². The molecule has 3 nitrogen and oxygen atoms in total. The first-order chi connectivity index (χ1) is 14.0. The minimum atomic E-state index is -1.10. The van der Waals surface area contributed by atoms with E-state index in [1.54, 1.807) is 47.8 Å². The maximum atomic E-state index is 14.0. The summed E-state index contributed by atoms with van der Waals surface area (Å²) in [6.45, 7) is 0. The molecule has 0 saturated heterocycles. The summed E-state index contributed by atoms with van der Waals surface area (Å²) in [6.07, 6.45) is 0. The highest BCUT2D eigenvalue weighted by molar-refractivity contribution is 7.13. The number of para-hydroxylation sites is 1. The molecule has 1 N–H and O–H groups in total. The Bertz CT molecular complexity index is 1210. The van der Waals surface area contributed by atoms with E-state index < -0.39 is 17.5 Å². The second-order valence-corrected chi connectivity index (χ2v) is 7.00. The number of thiazole rings is 1. The van der Waals surface area contributed by atoms with Gasteiger partial charge in [0.1, 0.15) is 10.8 Å². The fourth-order valence-electron chi connectivity index (χ4n) is 2.80. The fraction of sp³-hybridized carbons (Fsp3) is 0. The van der Waals surface area contributed by atoms with Gasteiger partial charge in [-0.3, -0.25) is 4.79 Å². The van der Waals surface area contributed by atoms with E-state index in [9.17, 15) is 18.0 Å². The molecule has 0 aliphatic heterocycles. The van der Waals surface area contributed by atoms with Crippen molar-refractivity contribution in [1.29, 1.82) is 0 Å². The van der Waals surface area contributed by atoms with Crippen molar-refractivity contribution in [2.24, 2.45) is 0 Å². The van der Waals surface area contributed by atoms with E-state index in [1.165, 1.54) is 23.5 Å². The highest BCUT2D eigenvalue weighted by Crippen LogP contribution is 2.33. The Hall–Kier alpha value is -3.45. The van der Waals surface area contributed by atoms with Crippen LogP contribution in [0.2, 0.25) is 0 Å². The SMILES string of the molecule is O=C(Nc1ccccc1-c1csc(-c2ccccc2F)n1)c1ccc(F)c(F)c1. The highest BCUT2D eigenvalue weighted by atomic mass is 32.1. The zero-order valence-corrected chi connectivity index (χ0v) is 15.6. The molecule has 0 radical (unpaired) electrons. The van der Waals surface area contributed by atoms with Crippen LogP contribution < -0.4 is 5.32 Å². The van der Waals surface area contributed by atoms with Crippen LogP contribution in [0.3, 0.4) is 0 Å². The minimum absolute atomic E-state index is 0.0102. The molecule has 0 unspecified atom stereocenters. The predicted octanol–water partition coefficient (Wildman–Crippen LogP) is 6.15. The molecule has 0 aliphatic carbocycles. The van der Waals surface area contributed by atoms with Crippen LogP contribution in [0.1, 0.15) is 10.4 Å². The van der Waals surface area contributed by atoms with Gasteiger partial charge in [0, 0.05) is 22.1 Å². The molecular weight excluding hydrogens is 397 g/mol. The third-order valence-electron chi connectivity index (χ3n) is 4.24. The number of hydrogen-bond acceptors (Lipinski definition) is 3. The number of anilines is 1. The Labute approximate surface area is 168 Å². The Morgan fingerprint density at radius 3 is 2.31 bits per heavy atom. The van der Waals surface area contributed by atoms with Crippen LogP contribution >= 0.6 is 11.3 Å². The average molecular weight is 410 g/mol. The van der Waals surface area contributed by atoms with Crippen LogP contribution in [0, 0.1) is 17.5 Å². The van der Waals surface area contributed by atoms with Crippen molar-refractivity contribution in [3.05, 3.63) is 95.1 Å². The number of rotatable bonds is 4. The van der Waals surface area contributed by atoms with E-state index in [-0.39, 0.29) is 11.4 Å². The lowest BCUT2D eigenvalue weighted by Crippen LogP contribution is -2.13. The Balaban J connectivity index is 1.65. The van der Waals surface area contributed by atoms with Gasteiger partial charge in [-0.05, 0) is 36.4 Å². The van der Waals surface area contributed by atoms with Gasteiger partial charge in [0.05, 0.1) is 11.4 Å². The van der Waals surface area contributed by atoms with Gasteiger partial charge in [0.25, 0.3) is 5.91 Å². The lowest BCUT2D eigenvalue weighted by molar-refractivity contribution is 0.102. The summed E-state index contributed by atoms with van der Waals surface area (Å²) >= 11 is 1.28. The molecule has 0 fully saturated rings. The minimum Gasteiger partial charge on any atom is -0.321 e. The largest absolute Gasteiger partial charge is 0.321 e. The van der Waals surface area contributed by atoms with E-state index in [2.05, 4.69) is 10.3 Å². The smallest absolute Gasteiger partial charge is 0.255 e. The molecule has 1 heterocycles. The van der Waals surface area contributed by atoms with Crippen molar-refractivity contribution < 1.29 is 18.0 Å². The van der Waals surface area contributed by atoms with E-state index in [1.807, 2.05) is 0 Å². The quantitative estimate of drug-likeness (QED) is 0.439. The van der Waals surface area contributed by atoms with Gasteiger partial charge in [-0.15, -0.1) is 11.3 Å². The second-order valence-electron chi connectivity index (χ2n) is 6.15. The summed E-state index contributed by atoms with van der Waals surface area (Å²) in [6, 6.07) is 16.3. The second kappa shape index (κ2) is 7.89. The number of carbonyl (C=O) groups is 1. The zero-order valence-electron chi connectivity index (χ0n) is 14.8. The van der Waals surface area contributed by atoms with Crippen molar-refractivity contribution in [2.45, 2.75) is 0 Å². The molecule has 1 aromatic heterocycles. The standard InChI is InChI=1S/C22H13F3N2OS/c23-16-7-3-1-5-14(16)22-27-20(12-29-22)15-6-2-4-8-19(15)26-21(28)13-9-10-17(24)18(25)11-13/h1-12H,(H,26,28). The van der Waals surface area contributed by atoms with Gasteiger partial charge in [-0.1, -0.05) is 30.3 Å². The molecule has 0 aliphatic rings. The molecule has 1 amide bonds. The third kappa shape index (κ3) is 3.90. The van der Waals surface area contributed by atoms with Gasteiger partial charge in [0.2, 0.25) is 0 Å². The van der Waals surface area contributed by atoms with Crippen LogP contribution in [-0.2, 0) is 0 Å². The first-order valence-electron chi connectivity index (χ1n) is 8.59. The van der Waals surface area contributed by atoms with Crippen LogP contribution in [0.5, 0.6) is 0 Å². The number of hydrogen-bond donors (Lipinski definition) is 1. The number of amides is 1. The summed E-state index contributed by atoms with van der Waals surface area (Å²) in [5.41, 5.74) is 2.03. The van der Waals surface area contributed by atoms with Crippen molar-refractivity contribution >= 4 is 22.9 Å². The van der Waals surface area contributed by atoms with E-state index in [0.717, 1.165) is 12.1 Å². The van der Waals surface area contributed by atoms with Gasteiger partial charge >= 0.3 is 0 Å². The maximum absolute atomic E-state index is 14.0. The third-order valence-corrected chi connectivity index (χ3v) is 5.12. The predicted molar refractivity (Wildman–Crippen MR) is 107 cm³/mol. The fourth-order valence-corrected chi connectivity index (χ4v) is 3.65. The number of benzene rings is 3. The first kappa shape index (κ1) is 18.9. The molecular formula is C22H13F3N2OS. The summed E-state index contributed by atoms with van der Waals surface area (Å²) < 4.78 is 40.6. The van der Waals surface area contributed by atoms with Gasteiger partial charge < -0.3 is 5.32 Å². The molecule has 0 bridgehead atoms. The molecule has 0 spiro atoms. The first-order valence-corrected chi connectivity index (χ1v) is 9.47. The van der Waals surface area contributed by atoms with E-state index in [0.29, 0.717) is 27.5 Å². The lowest BCUT2D eigenvalue weighted by Gasteiger charge is -2.10. The summed E-state index contributed by atoms with van der Waals surface area (Å²) in [5, 5.41) is 4.98. The summed E-state index contributed by atoms with van der Waals surface area (Å²) in [7, 11) is 0. The Morgan fingerprint density at radius 1 is 0.828 bits per heavy atom. The molecule has 4 rings (SSSR count). The Morgan fingerprint density at radius 2 is 1.55 bits per heavy atom. The molecule has 3 aromatic carbocycles. The van der Waals surface area contributed by atoms with Gasteiger partial charge in [0.15, 0.2) is 11.6 Å². The monoisotopic (exact) mass is 410 g/mol. The van der Waals surface area contributed by atoms with Crippen LogP contribution in [0.4, 0.5) is 18.9 Å².